The van der Waals surface area contributed by atoms with Gasteiger partial charge in [0.1, 0.15) is 0 Å². The number of hydrogen-bond acceptors (Lipinski definition) is 4. The minimum absolute atomic E-state index is 0.0852. The zero-order chi connectivity index (χ0) is 27.0. The molecule has 1 aromatic heterocycles. The van der Waals surface area contributed by atoms with Gasteiger partial charge in [-0.25, -0.2) is 9.97 Å². The van der Waals surface area contributed by atoms with E-state index in [0.717, 1.165) is 73.4 Å². The van der Waals surface area contributed by atoms with Gasteiger partial charge in [-0.1, -0.05) is 51.5 Å². The lowest BCUT2D eigenvalue weighted by Crippen LogP contribution is -2.34. The molecule has 1 amide bonds. The Morgan fingerprint density at radius 3 is 2.57 bits per heavy atom. The highest BCUT2D eigenvalue weighted by molar-refractivity contribution is 6.19. The molecule has 0 atom stereocenters. The number of aryl methyl sites for hydroxylation is 1. The van der Waals surface area contributed by atoms with Gasteiger partial charge < -0.3 is 10.0 Å². The van der Waals surface area contributed by atoms with Gasteiger partial charge in [0.2, 0.25) is 5.91 Å². The van der Waals surface area contributed by atoms with Gasteiger partial charge in [0.25, 0.3) is 0 Å². The zero-order valence-corrected chi connectivity index (χ0v) is 23.4. The number of aliphatic carboxylic acids is 1. The van der Waals surface area contributed by atoms with Crippen LogP contribution in [0.2, 0.25) is 0 Å². The summed E-state index contributed by atoms with van der Waals surface area (Å²) in [6.07, 6.45) is 19.2. The Morgan fingerprint density at radius 1 is 1.08 bits per heavy atom. The fourth-order valence-corrected chi connectivity index (χ4v) is 4.40. The van der Waals surface area contributed by atoms with E-state index in [9.17, 15) is 9.59 Å². The first-order valence-electron chi connectivity index (χ1n) is 13.7. The smallest absolute Gasteiger partial charge is 0.303 e. The topological polar surface area (TPSA) is 83.4 Å². The number of aromatic nitrogens is 2. The molecular weight excluding hydrogens is 486 g/mol. The summed E-state index contributed by atoms with van der Waals surface area (Å²) in [6, 6.07) is 0. The number of fused-ring (bicyclic) bond motifs is 1. The van der Waals surface area contributed by atoms with Crippen molar-refractivity contribution in [1.82, 2.24) is 14.9 Å². The SMILES string of the molecule is CC/C=C(\C=C/CCl)c1nc2c(nc1CCCCC(=O)O)/C=C(/C(=O)N(CCC)CCCC)CCC=C2. The van der Waals surface area contributed by atoms with Crippen LogP contribution >= 0.6 is 11.6 Å². The normalized spacial score (nSPS) is 15.1. The number of carbonyl (C=O) groups is 2. The molecule has 2 rings (SSSR count). The quantitative estimate of drug-likeness (QED) is 0.149. The number of alkyl halides is 1. The second-order valence-electron chi connectivity index (χ2n) is 9.27. The van der Waals surface area contributed by atoms with Crippen molar-refractivity contribution in [2.24, 2.45) is 0 Å². The highest BCUT2D eigenvalue weighted by Gasteiger charge is 2.20. The Morgan fingerprint density at radius 2 is 1.89 bits per heavy atom. The molecule has 0 aliphatic heterocycles. The van der Waals surface area contributed by atoms with Gasteiger partial charge in [-0.05, 0) is 69.1 Å². The molecule has 0 unspecified atom stereocenters. The molecule has 0 aromatic carbocycles. The Labute approximate surface area is 227 Å². The van der Waals surface area contributed by atoms with Crippen molar-refractivity contribution in [3.8, 4) is 0 Å². The summed E-state index contributed by atoms with van der Waals surface area (Å²) in [6.45, 7) is 7.82. The van der Waals surface area contributed by atoms with Crippen molar-refractivity contribution >= 4 is 41.2 Å². The first kappa shape index (κ1) is 30.5. The van der Waals surface area contributed by atoms with E-state index >= 15 is 0 Å². The van der Waals surface area contributed by atoms with Crippen LogP contribution in [-0.2, 0) is 16.0 Å². The molecule has 0 fully saturated rings. The number of amides is 1. The van der Waals surface area contributed by atoms with Crippen molar-refractivity contribution in [2.45, 2.75) is 85.0 Å². The van der Waals surface area contributed by atoms with E-state index in [1.54, 1.807) is 0 Å². The third-order valence-electron chi connectivity index (χ3n) is 6.17. The second-order valence-corrected chi connectivity index (χ2v) is 9.58. The maximum absolute atomic E-state index is 13.5. The number of carboxylic acid groups (broad SMARTS) is 1. The fourth-order valence-electron chi connectivity index (χ4n) is 4.31. The fraction of sp³-hybridized carbons (Fsp3) is 0.533. The number of carbonyl (C=O) groups excluding carboxylic acids is 1. The van der Waals surface area contributed by atoms with E-state index < -0.39 is 5.97 Å². The summed E-state index contributed by atoms with van der Waals surface area (Å²) in [5.74, 6) is -0.313. The maximum atomic E-state index is 13.5. The average molecular weight is 528 g/mol. The monoisotopic (exact) mass is 527 g/mol. The minimum Gasteiger partial charge on any atom is -0.481 e. The van der Waals surface area contributed by atoms with Gasteiger partial charge in [-0.2, -0.15) is 0 Å². The van der Waals surface area contributed by atoms with Crippen molar-refractivity contribution in [1.29, 1.82) is 0 Å². The first-order chi connectivity index (χ1) is 17.9. The molecule has 0 spiro atoms. The lowest BCUT2D eigenvalue weighted by atomic mass is 10.00. The summed E-state index contributed by atoms with van der Waals surface area (Å²) in [7, 11) is 0. The number of hydrogen-bond donors (Lipinski definition) is 1. The molecule has 0 bridgehead atoms. The van der Waals surface area contributed by atoms with Crippen LogP contribution in [0, 0.1) is 0 Å². The van der Waals surface area contributed by atoms with Crippen molar-refractivity contribution in [3.05, 3.63) is 52.7 Å². The van der Waals surface area contributed by atoms with Crippen LogP contribution in [0.1, 0.15) is 101 Å². The average Bonchev–Trinajstić information content (AvgIpc) is 2.87. The summed E-state index contributed by atoms with van der Waals surface area (Å²) < 4.78 is 0. The van der Waals surface area contributed by atoms with Gasteiger partial charge in [-0.3, -0.25) is 9.59 Å². The lowest BCUT2D eigenvalue weighted by molar-refractivity contribution is -0.137. The molecule has 1 N–H and O–H groups in total. The molecule has 202 valence electrons. The molecule has 6 nitrogen and oxygen atoms in total. The number of unbranched alkanes of at least 4 members (excludes halogenated alkanes) is 2. The van der Waals surface area contributed by atoms with Crippen LogP contribution in [0.25, 0.3) is 17.7 Å². The Hall–Kier alpha value is -2.73. The second kappa shape index (κ2) is 16.9. The molecule has 1 aliphatic carbocycles. The first-order valence-corrected chi connectivity index (χ1v) is 14.2. The highest BCUT2D eigenvalue weighted by Crippen LogP contribution is 2.26. The molecule has 37 heavy (non-hydrogen) atoms. The van der Waals surface area contributed by atoms with E-state index in [4.69, 9.17) is 26.7 Å². The van der Waals surface area contributed by atoms with Gasteiger partial charge >= 0.3 is 5.97 Å². The van der Waals surface area contributed by atoms with Crippen LogP contribution in [-0.4, -0.2) is 50.8 Å². The highest BCUT2D eigenvalue weighted by atomic mass is 35.5. The minimum atomic E-state index is -0.794. The molecule has 1 aromatic rings. The summed E-state index contributed by atoms with van der Waals surface area (Å²) in [5.41, 5.74) is 4.76. The van der Waals surface area contributed by atoms with Crippen LogP contribution in [0.5, 0.6) is 0 Å². The number of nitrogens with zero attached hydrogens (tertiary/aromatic N) is 3. The Bertz CT molecular complexity index is 1030. The summed E-state index contributed by atoms with van der Waals surface area (Å²) in [4.78, 5) is 36.5. The van der Waals surface area contributed by atoms with E-state index in [0.29, 0.717) is 37.3 Å². The van der Waals surface area contributed by atoms with E-state index in [1.165, 1.54) is 0 Å². The number of rotatable bonds is 15. The molecule has 0 saturated carbocycles. The van der Waals surface area contributed by atoms with Crippen LogP contribution < -0.4 is 0 Å². The predicted molar refractivity (Wildman–Crippen MR) is 153 cm³/mol. The molecule has 1 heterocycles. The van der Waals surface area contributed by atoms with Crippen LogP contribution in [0.4, 0.5) is 0 Å². The van der Waals surface area contributed by atoms with Crippen LogP contribution in [0.3, 0.4) is 0 Å². The summed E-state index contributed by atoms with van der Waals surface area (Å²) in [5, 5.41) is 9.04. The third-order valence-corrected chi connectivity index (χ3v) is 6.34. The van der Waals surface area contributed by atoms with Gasteiger partial charge in [0, 0.05) is 31.0 Å². The largest absolute Gasteiger partial charge is 0.481 e. The number of halogens is 1. The molecule has 0 radical (unpaired) electrons. The summed E-state index contributed by atoms with van der Waals surface area (Å²) >= 11 is 5.92. The maximum Gasteiger partial charge on any atom is 0.303 e. The van der Waals surface area contributed by atoms with E-state index in [-0.39, 0.29) is 12.3 Å². The Balaban J connectivity index is 2.55. The van der Waals surface area contributed by atoms with E-state index in [1.807, 2.05) is 29.2 Å². The van der Waals surface area contributed by atoms with Crippen molar-refractivity contribution < 1.29 is 14.7 Å². The molecular formula is C30H42ClN3O3. The third kappa shape index (κ3) is 9.92. The van der Waals surface area contributed by atoms with Crippen molar-refractivity contribution in [2.75, 3.05) is 19.0 Å². The Kier molecular flexibility index (Phi) is 13.9. The van der Waals surface area contributed by atoms with E-state index in [2.05, 4.69) is 32.9 Å². The van der Waals surface area contributed by atoms with Gasteiger partial charge in [-0.15, -0.1) is 11.6 Å². The van der Waals surface area contributed by atoms with Crippen molar-refractivity contribution in [3.63, 3.8) is 0 Å². The lowest BCUT2D eigenvalue weighted by Gasteiger charge is -2.24. The number of carboxylic acids is 1. The van der Waals surface area contributed by atoms with Gasteiger partial charge in [0.15, 0.2) is 0 Å². The molecule has 0 saturated heterocycles. The predicted octanol–water partition coefficient (Wildman–Crippen LogP) is 7.09. The number of allylic oxidation sites excluding steroid dienone is 5. The zero-order valence-electron chi connectivity index (χ0n) is 22.6. The molecule has 1 aliphatic rings. The standard InChI is InChI=1S/C30H42ClN3O3/c1-4-7-21-34(20-6-3)30(37)24-14-8-9-16-25-27(22-24)32-26(17-10-11-18-28(35)36)29(33-25)23(13-5-2)15-12-19-31/h9,12-13,15-16,22H,4-8,10-11,14,17-21H2,1-3H3,(H,35,36)/b15-12-,16-9?,23-13+,24-22+. The molecule has 7 heteroatoms. The van der Waals surface area contributed by atoms with Crippen LogP contribution in [0.15, 0.2) is 29.9 Å². The van der Waals surface area contributed by atoms with Gasteiger partial charge in [0.05, 0.1) is 22.8 Å².